The fourth-order valence-electron chi connectivity index (χ4n) is 1.83. The largest absolute Gasteiger partial charge is 0.382 e. The van der Waals surface area contributed by atoms with Crippen molar-refractivity contribution in [2.75, 3.05) is 26.6 Å². The smallest absolute Gasteiger partial charge is 0.156 e. The number of ether oxygens (including phenoxy) is 2. The van der Waals surface area contributed by atoms with Crippen LogP contribution in [0.5, 0.6) is 0 Å². The van der Waals surface area contributed by atoms with E-state index in [0.29, 0.717) is 19.1 Å². The zero-order valence-corrected chi connectivity index (χ0v) is 12.2. The molecule has 2 unspecified atom stereocenters. The molecule has 0 radical (unpaired) electrons. The summed E-state index contributed by atoms with van der Waals surface area (Å²) < 4.78 is 34.1. The van der Waals surface area contributed by atoms with Gasteiger partial charge in [-0.05, 0) is 11.5 Å². The molecule has 0 fully saturated rings. The number of hydrogen-bond donors (Lipinski definition) is 0. The number of allylic oxidation sites excluding steroid dienone is 2. The van der Waals surface area contributed by atoms with Crippen LogP contribution in [0.25, 0.3) is 0 Å². The second kappa shape index (κ2) is 6.50. The highest BCUT2D eigenvalue weighted by atomic mass is 32.2. The monoisotopic (exact) mass is 274 g/mol. The Morgan fingerprint density at radius 3 is 2.50 bits per heavy atom. The van der Waals surface area contributed by atoms with Crippen LogP contribution in [0.1, 0.15) is 13.8 Å². The van der Waals surface area contributed by atoms with E-state index in [1.807, 2.05) is 26.0 Å². The topological polar surface area (TPSA) is 52.6 Å². The Morgan fingerprint density at radius 1 is 1.33 bits per heavy atom. The van der Waals surface area contributed by atoms with Crippen molar-refractivity contribution in [1.29, 1.82) is 0 Å². The first-order valence-electron chi connectivity index (χ1n) is 6.05. The molecule has 0 aromatic carbocycles. The number of sulfone groups is 1. The van der Waals surface area contributed by atoms with E-state index in [-0.39, 0.29) is 0 Å². The first-order chi connectivity index (χ1) is 8.36. The summed E-state index contributed by atoms with van der Waals surface area (Å²) >= 11 is 0. The Morgan fingerprint density at radius 2 is 2.00 bits per heavy atom. The average molecular weight is 274 g/mol. The van der Waals surface area contributed by atoms with Gasteiger partial charge in [0, 0.05) is 13.4 Å². The lowest BCUT2D eigenvalue weighted by Gasteiger charge is -2.26. The maximum Gasteiger partial charge on any atom is 0.156 e. The molecular weight excluding hydrogens is 252 g/mol. The van der Waals surface area contributed by atoms with E-state index in [2.05, 4.69) is 0 Å². The van der Waals surface area contributed by atoms with Gasteiger partial charge < -0.3 is 9.47 Å². The summed E-state index contributed by atoms with van der Waals surface area (Å²) in [6.45, 7) is 4.94. The normalized spacial score (nSPS) is 24.4. The highest BCUT2D eigenvalue weighted by Crippen LogP contribution is 2.24. The van der Waals surface area contributed by atoms with Gasteiger partial charge in [0.1, 0.15) is 5.25 Å². The molecule has 0 spiro atoms. The molecule has 0 N–H and O–H groups in total. The molecule has 18 heavy (non-hydrogen) atoms. The molecule has 0 aromatic heterocycles. The first-order valence-corrected chi connectivity index (χ1v) is 8.01. The number of methoxy groups -OCH3 is 1. The molecule has 2 atom stereocenters. The van der Waals surface area contributed by atoms with Crippen LogP contribution in [0.4, 0.5) is 0 Å². The fourth-order valence-corrected chi connectivity index (χ4v) is 2.89. The van der Waals surface area contributed by atoms with E-state index in [1.54, 1.807) is 13.2 Å². The summed E-state index contributed by atoms with van der Waals surface area (Å²) in [6, 6.07) is 0. The highest BCUT2D eigenvalue weighted by molar-refractivity contribution is 7.91. The van der Waals surface area contributed by atoms with Gasteiger partial charge in [0.25, 0.3) is 0 Å². The minimum atomic E-state index is -3.17. The van der Waals surface area contributed by atoms with Crippen molar-refractivity contribution in [2.45, 2.75) is 25.2 Å². The summed E-state index contributed by atoms with van der Waals surface area (Å²) in [5.74, 6) is 0.311. The quantitative estimate of drug-likeness (QED) is 0.690. The lowest BCUT2D eigenvalue weighted by Crippen LogP contribution is -2.35. The maximum atomic E-state index is 11.8. The molecular formula is C13H22O4S. The summed E-state index contributed by atoms with van der Waals surface area (Å²) in [5, 5.41) is -0.600. The Bertz CT molecular complexity index is 420. The third-order valence-electron chi connectivity index (χ3n) is 2.92. The molecule has 1 aliphatic rings. The van der Waals surface area contributed by atoms with Crippen LogP contribution in [0, 0.1) is 5.92 Å². The first kappa shape index (κ1) is 15.4. The van der Waals surface area contributed by atoms with Gasteiger partial charge in [-0.15, -0.1) is 0 Å². The van der Waals surface area contributed by atoms with Crippen LogP contribution >= 0.6 is 0 Å². The zero-order chi connectivity index (χ0) is 13.8. The second-order valence-corrected chi connectivity index (χ2v) is 7.01. The summed E-state index contributed by atoms with van der Waals surface area (Å²) in [7, 11) is -1.58. The minimum Gasteiger partial charge on any atom is -0.382 e. The van der Waals surface area contributed by atoms with Crippen LogP contribution in [-0.4, -0.2) is 46.4 Å². The molecule has 1 rings (SSSR count). The predicted octanol–water partition coefficient (Wildman–Crippen LogP) is 1.58. The lowest BCUT2D eigenvalue weighted by atomic mass is 9.96. The lowest BCUT2D eigenvalue weighted by molar-refractivity contribution is 0.0415. The highest BCUT2D eigenvalue weighted by Gasteiger charge is 2.30. The van der Waals surface area contributed by atoms with Crippen molar-refractivity contribution in [2.24, 2.45) is 5.92 Å². The van der Waals surface area contributed by atoms with Gasteiger partial charge in [-0.3, -0.25) is 0 Å². The van der Waals surface area contributed by atoms with E-state index >= 15 is 0 Å². The van der Waals surface area contributed by atoms with Crippen LogP contribution in [0.3, 0.4) is 0 Å². The van der Waals surface area contributed by atoms with Gasteiger partial charge >= 0.3 is 0 Å². The van der Waals surface area contributed by atoms with Crippen LogP contribution in [0.2, 0.25) is 0 Å². The van der Waals surface area contributed by atoms with E-state index in [4.69, 9.17) is 9.47 Å². The van der Waals surface area contributed by atoms with Gasteiger partial charge in [0.15, 0.2) is 9.84 Å². The standard InChI is InChI=1S/C13H22O4S/c1-10(2)11-5-6-12(17-8-7-16-3)13(9-11)18(4,14)15/h5-6,9-10,12-13H,7-8H2,1-4H3. The molecule has 0 heterocycles. The predicted molar refractivity (Wildman–Crippen MR) is 72.3 cm³/mol. The van der Waals surface area contributed by atoms with Gasteiger partial charge in [-0.1, -0.05) is 32.1 Å². The molecule has 0 bridgehead atoms. The SMILES string of the molecule is COCCOC1C=CC(C(C)C)=CC1S(C)(=O)=O. The van der Waals surface area contributed by atoms with Crippen molar-refractivity contribution in [3.05, 3.63) is 23.8 Å². The van der Waals surface area contributed by atoms with Crippen molar-refractivity contribution in [3.63, 3.8) is 0 Å². The van der Waals surface area contributed by atoms with Gasteiger partial charge in [0.2, 0.25) is 0 Å². The van der Waals surface area contributed by atoms with Crippen molar-refractivity contribution in [1.82, 2.24) is 0 Å². The zero-order valence-electron chi connectivity index (χ0n) is 11.4. The number of rotatable bonds is 6. The van der Waals surface area contributed by atoms with Crippen molar-refractivity contribution >= 4 is 9.84 Å². The van der Waals surface area contributed by atoms with Gasteiger partial charge in [-0.25, -0.2) is 8.42 Å². The second-order valence-electron chi connectivity index (χ2n) is 4.80. The fraction of sp³-hybridized carbons (Fsp3) is 0.692. The van der Waals surface area contributed by atoms with Crippen LogP contribution < -0.4 is 0 Å². The molecule has 0 saturated heterocycles. The van der Waals surface area contributed by atoms with E-state index < -0.39 is 21.2 Å². The van der Waals surface area contributed by atoms with Crippen molar-refractivity contribution < 1.29 is 17.9 Å². The van der Waals surface area contributed by atoms with E-state index in [0.717, 1.165) is 5.57 Å². The van der Waals surface area contributed by atoms with Crippen molar-refractivity contribution in [3.8, 4) is 0 Å². The van der Waals surface area contributed by atoms with Gasteiger partial charge in [0.05, 0.1) is 19.3 Å². The average Bonchev–Trinajstić information content (AvgIpc) is 2.28. The Hall–Kier alpha value is -0.650. The third-order valence-corrected chi connectivity index (χ3v) is 4.31. The minimum absolute atomic E-state index is 0.311. The maximum absolute atomic E-state index is 11.8. The van der Waals surface area contributed by atoms with Gasteiger partial charge in [-0.2, -0.15) is 0 Å². The Balaban J connectivity index is 2.84. The third kappa shape index (κ3) is 4.23. The van der Waals surface area contributed by atoms with E-state index in [1.165, 1.54) is 6.26 Å². The molecule has 0 amide bonds. The molecule has 5 heteroatoms. The van der Waals surface area contributed by atoms with E-state index in [9.17, 15) is 8.42 Å². The summed E-state index contributed by atoms with van der Waals surface area (Å²) in [5.41, 5.74) is 1.04. The molecule has 4 nitrogen and oxygen atoms in total. The Kier molecular flexibility index (Phi) is 5.56. The molecule has 0 aliphatic heterocycles. The molecule has 1 aliphatic carbocycles. The molecule has 0 aromatic rings. The van der Waals surface area contributed by atoms with Crippen LogP contribution in [-0.2, 0) is 19.3 Å². The number of hydrogen-bond acceptors (Lipinski definition) is 4. The molecule has 0 saturated carbocycles. The molecule has 104 valence electrons. The summed E-state index contributed by atoms with van der Waals surface area (Å²) in [4.78, 5) is 0. The Labute approximate surface area is 110 Å². The summed E-state index contributed by atoms with van der Waals surface area (Å²) in [6.07, 6.45) is 6.41. The van der Waals surface area contributed by atoms with Crippen LogP contribution in [0.15, 0.2) is 23.8 Å².